The number of benzene rings is 1. The van der Waals surface area contributed by atoms with Gasteiger partial charge in [0.1, 0.15) is 17.8 Å². The van der Waals surface area contributed by atoms with Crippen LogP contribution in [0.4, 0.5) is 4.39 Å². The first kappa shape index (κ1) is 9.86. The summed E-state index contributed by atoms with van der Waals surface area (Å²) in [5, 5.41) is 3.82. The van der Waals surface area contributed by atoms with Crippen LogP contribution in [0.5, 0.6) is 0 Å². The van der Waals surface area contributed by atoms with Crippen molar-refractivity contribution in [1.29, 1.82) is 0 Å². The second-order valence-corrected chi connectivity index (χ2v) is 3.41. The summed E-state index contributed by atoms with van der Waals surface area (Å²) in [7, 11) is 0. The number of rotatable bonds is 2. The van der Waals surface area contributed by atoms with Crippen LogP contribution in [0.25, 0.3) is 11.1 Å². The molecule has 0 aliphatic rings. The number of nitrogens with zero attached hydrogens (tertiary/aromatic N) is 1. The van der Waals surface area contributed by atoms with E-state index in [4.69, 9.17) is 10.3 Å². The fraction of sp³-hybridized carbons (Fsp3) is 0.182. The van der Waals surface area contributed by atoms with E-state index >= 15 is 0 Å². The van der Waals surface area contributed by atoms with E-state index in [1.54, 1.807) is 12.1 Å². The maximum atomic E-state index is 12.7. The Bertz CT molecular complexity index is 448. The van der Waals surface area contributed by atoms with Crippen LogP contribution >= 0.6 is 0 Å². The first-order chi connectivity index (χ1) is 7.18. The van der Waals surface area contributed by atoms with E-state index in [9.17, 15) is 4.39 Å². The van der Waals surface area contributed by atoms with Crippen molar-refractivity contribution >= 4 is 0 Å². The van der Waals surface area contributed by atoms with Crippen LogP contribution in [0.3, 0.4) is 0 Å². The van der Waals surface area contributed by atoms with Crippen LogP contribution in [-0.4, -0.2) is 5.16 Å². The minimum atomic E-state index is -0.266. The minimum Gasteiger partial charge on any atom is -0.364 e. The van der Waals surface area contributed by atoms with Gasteiger partial charge in [-0.05, 0) is 24.6 Å². The molecule has 0 spiro atoms. The average Bonchev–Trinajstić information content (AvgIpc) is 2.67. The summed E-state index contributed by atoms with van der Waals surface area (Å²) in [6, 6.07) is 5.94. The molecule has 0 amide bonds. The predicted octanol–water partition coefficient (Wildman–Crippen LogP) is 2.50. The largest absolute Gasteiger partial charge is 0.364 e. The molecule has 1 heterocycles. The number of halogens is 1. The Labute approximate surface area is 86.7 Å². The standard InChI is InChI=1S/C11H11FN2O/c1-7(13)11-10(6-15-14-11)8-2-4-9(12)5-3-8/h2-7H,13H2,1H3. The molecule has 1 aromatic carbocycles. The number of hydrogen-bond donors (Lipinski definition) is 1. The quantitative estimate of drug-likeness (QED) is 0.821. The van der Waals surface area contributed by atoms with Gasteiger partial charge in [-0.2, -0.15) is 0 Å². The Morgan fingerprint density at radius 3 is 2.60 bits per heavy atom. The number of aromatic nitrogens is 1. The molecule has 2 N–H and O–H groups in total. The molecule has 1 aromatic heterocycles. The molecule has 2 rings (SSSR count). The summed E-state index contributed by atoms with van der Waals surface area (Å²) >= 11 is 0. The van der Waals surface area contributed by atoms with Gasteiger partial charge in [-0.3, -0.25) is 0 Å². The van der Waals surface area contributed by atoms with E-state index in [1.165, 1.54) is 18.4 Å². The van der Waals surface area contributed by atoms with Gasteiger partial charge < -0.3 is 10.3 Å². The second kappa shape index (κ2) is 3.82. The zero-order valence-corrected chi connectivity index (χ0v) is 8.27. The smallest absolute Gasteiger partial charge is 0.131 e. The summed E-state index contributed by atoms with van der Waals surface area (Å²) in [6.45, 7) is 1.82. The SMILES string of the molecule is CC(N)c1nocc1-c1ccc(F)cc1. The molecule has 4 heteroatoms. The molecule has 1 unspecified atom stereocenters. The second-order valence-electron chi connectivity index (χ2n) is 3.41. The summed E-state index contributed by atoms with van der Waals surface area (Å²) < 4.78 is 17.6. The van der Waals surface area contributed by atoms with Crippen molar-refractivity contribution in [1.82, 2.24) is 5.16 Å². The molecule has 15 heavy (non-hydrogen) atoms. The van der Waals surface area contributed by atoms with Crippen molar-refractivity contribution in [3.63, 3.8) is 0 Å². The molecule has 0 aliphatic heterocycles. The zero-order chi connectivity index (χ0) is 10.8. The zero-order valence-electron chi connectivity index (χ0n) is 8.27. The monoisotopic (exact) mass is 206 g/mol. The van der Waals surface area contributed by atoms with E-state index in [0.717, 1.165) is 11.1 Å². The van der Waals surface area contributed by atoms with E-state index in [2.05, 4.69) is 5.16 Å². The van der Waals surface area contributed by atoms with Crippen LogP contribution in [0, 0.1) is 5.82 Å². The highest BCUT2D eigenvalue weighted by atomic mass is 19.1. The Morgan fingerprint density at radius 2 is 2.00 bits per heavy atom. The lowest BCUT2D eigenvalue weighted by Gasteiger charge is -2.03. The molecule has 0 radical (unpaired) electrons. The van der Waals surface area contributed by atoms with Crippen LogP contribution in [0.15, 0.2) is 35.1 Å². The first-order valence-corrected chi connectivity index (χ1v) is 4.64. The number of nitrogens with two attached hydrogens (primary N) is 1. The molecule has 0 aliphatic carbocycles. The maximum absolute atomic E-state index is 12.7. The Morgan fingerprint density at radius 1 is 1.33 bits per heavy atom. The Balaban J connectivity index is 2.45. The highest BCUT2D eigenvalue weighted by Crippen LogP contribution is 2.26. The topological polar surface area (TPSA) is 52.0 Å². The number of hydrogen-bond acceptors (Lipinski definition) is 3. The molecule has 3 nitrogen and oxygen atoms in total. The van der Waals surface area contributed by atoms with E-state index in [1.807, 2.05) is 6.92 Å². The average molecular weight is 206 g/mol. The van der Waals surface area contributed by atoms with Crippen LogP contribution < -0.4 is 5.73 Å². The van der Waals surface area contributed by atoms with Crippen LogP contribution in [-0.2, 0) is 0 Å². The van der Waals surface area contributed by atoms with Crippen molar-refractivity contribution in [2.45, 2.75) is 13.0 Å². The molecule has 0 fully saturated rings. The van der Waals surface area contributed by atoms with Gasteiger partial charge in [0, 0.05) is 11.6 Å². The Hall–Kier alpha value is -1.68. The van der Waals surface area contributed by atoms with Crippen LogP contribution in [0.1, 0.15) is 18.7 Å². The van der Waals surface area contributed by atoms with Gasteiger partial charge in [0.05, 0.1) is 0 Å². The molecular weight excluding hydrogens is 195 g/mol. The van der Waals surface area contributed by atoms with Crippen molar-refractivity contribution in [3.8, 4) is 11.1 Å². The van der Waals surface area contributed by atoms with Gasteiger partial charge in [0.25, 0.3) is 0 Å². The Kier molecular flexibility index (Phi) is 2.51. The van der Waals surface area contributed by atoms with Gasteiger partial charge in [-0.1, -0.05) is 17.3 Å². The van der Waals surface area contributed by atoms with Gasteiger partial charge >= 0.3 is 0 Å². The van der Waals surface area contributed by atoms with Crippen molar-refractivity contribution in [2.24, 2.45) is 5.73 Å². The molecule has 2 aromatic rings. The third kappa shape index (κ3) is 1.89. The van der Waals surface area contributed by atoms with E-state index in [0.29, 0.717) is 5.69 Å². The molecule has 0 bridgehead atoms. The lowest BCUT2D eigenvalue weighted by atomic mass is 10.0. The fourth-order valence-electron chi connectivity index (χ4n) is 1.42. The highest BCUT2D eigenvalue weighted by Gasteiger charge is 2.13. The predicted molar refractivity (Wildman–Crippen MR) is 54.5 cm³/mol. The molecule has 1 atom stereocenters. The maximum Gasteiger partial charge on any atom is 0.131 e. The summed E-state index contributed by atoms with van der Waals surface area (Å²) in [4.78, 5) is 0. The minimum absolute atomic E-state index is 0.205. The van der Waals surface area contributed by atoms with Gasteiger partial charge in [0.15, 0.2) is 0 Å². The van der Waals surface area contributed by atoms with Crippen molar-refractivity contribution in [2.75, 3.05) is 0 Å². The lowest BCUT2D eigenvalue weighted by Crippen LogP contribution is -2.06. The normalized spacial score (nSPS) is 12.7. The third-order valence-corrected chi connectivity index (χ3v) is 2.18. The molecule has 78 valence electrons. The lowest BCUT2D eigenvalue weighted by molar-refractivity contribution is 0.407. The molecule has 0 saturated heterocycles. The van der Waals surface area contributed by atoms with E-state index < -0.39 is 0 Å². The van der Waals surface area contributed by atoms with Crippen molar-refractivity contribution in [3.05, 3.63) is 42.0 Å². The summed E-state index contributed by atoms with van der Waals surface area (Å²) in [5.41, 5.74) is 8.07. The first-order valence-electron chi connectivity index (χ1n) is 4.64. The van der Waals surface area contributed by atoms with E-state index in [-0.39, 0.29) is 11.9 Å². The van der Waals surface area contributed by atoms with Gasteiger partial charge in [-0.15, -0.1) is 0 Å². The summed E-state index contributed by atoms with van der Waals surface area (Å²) in [5.74, 6) is -0.266. The fourth-order valence-corrected chi connectivity index (χ4v) is 1.42. The van der Waals surface area contributed by atoms with Gasteiger partial charge in [0.2, 0.25) is 0 Å². The molecule has 0 saturated carbocycles. The van der Waals surface area contributed by atoms with Gasteiger partial charge in [-0.25, -0.2) is 4.39 Å². The van der Waals surface area contributed by atoms with Crippen molar-refractivity contribution < 1.29 is 8.91 Å². The third-order valence-electron chi connectivity index (χ3n) is 2.18. The highest BCUT2D eigenvalue weighted by molar-refractivity contribution is 5.65. The molecular formula is C11H11FN2O. The summed E-state index contributed by atoms with van der Waals surface area (Å²) in [6.07, 6.45) is 1.52. The van der Waals surface area contributed by atoms with Crippen LogP contribution in [0.2, 0.25) is 0 Å².